The van der Waals surface area contributed by atoms with Crippen molar-refractivity contribution in [1.29, 1.82) is 5.26 Å². The fourth-order valence-electron chi connectivity index (χ4n) is 4.01. The van der Waals surface area contributed by atoms with Crippen LogP contribution in [0.2, 0.25) is 0 Å². The topological polar surface area (TPSA) is 82.8 Å². The third-order valence-corrected chi connectivity index (χ3v) is 6.86. The fraction of sp³-hybridized carbons (Fsp3) is 0.304. The van der Waals surface area contributed by atoms with E-state index in [1.54, 1.807) is 26.4 Å². The van der Waals surface area contributed by atoms with Gasteiger partial charge in [-0.15, -0.1) is 11.8 Å². The number of methoxy groups -OCH3 is 2. The summed E-state index contributed by atoms with van der Waals surface area (Å²) in [5, 5.41) is 21.9. The van der Waals surface area contributed by atoms with Crippen molar-refractivity contribution in [2.45, 2.75) is 25.0 Å². The highest BCUT2D eigenvalue weighted by Crippen LogP contribution is 2.52. The average Bonchev–Trinajstić information content (AvgIpc) is 3.12. The number of hydrogen-bond acceptors (Lipinski definition) is 6. The summed E-state index contributed by atoms with van der Waals surface area (Å²) in [5.41, 5.74) is 1.53. The van der Waals surface area contributed by atoms with Crippen LogP contribution in [-0.4, -0.2) is 35.9 Å². The second-order valence-electron chi connectivity index (χ2n) is 7.40. The zero-order valence-corrected chi connectivity index (χ0v) is 17.8. The molecule has 0 aromatic heterocycles. The van der Waals surface area contributed by atoms with Gasteiger partial charge in [0.05, 0.1) is 36.6 Å². The molecule has 1 N–H and O–H groups in total. The molecule has 0 aliphatic carbocycles. The van der Waals surface area contributed by atoms with Crippen LogP contribution in [0.3, 0.4) is 0 Å². The highest BCUT2D eigenvalue weighted by Gasteiger charge is 2.51. The molecule has 2 atom stereocenters. The number of thioether (sulfide) groups is 1. The molecule has 2 heterocycles. The van der Waals surface area contributed by atoms with Crippen molar-refractivity contribution in [2.75, 3.05) is 20.0 Å². The number of carbonyl (C=O) groups excluding carboxylic acids is 1. The first-order valence-corrected chi connectivity index (χ1v) is 10.5. The van der Waals surface area contributed by atoms with E-state index in [1.807, 2.05) is 37.3 Å². The van der Waals surface area contributed by atoms with Gasteiger partial charge in [0.2, 0.25) is 5.91 Å². The number of hydrogen-bond donors (Lipinski definition) is 1. The maximum absolute atomic E-state index is 13.2. The summed E-state index contributed by atoms with van der Waals surface area (Å²) in [6.07, 6.45) is 0.0939. The summed E-state index contributed by atoms with van der Waals surface area (Å²) in [6, 6.07) is 15.2. The van der Waals surface area contributed by atoms with Crippen LogP contribution in [0, 0.1) is 18.3 Å². The van der Waals surface area contributed by atoms with Crippen LogP contribution in [0.4, 0.5) is 0 Å². The largest absolute Gasteiger partial charge is 0.493 e. The minimum absolute atomic E-state index is 0.0939. The smallest absolute Gasteiger partial charge is 0.231 e. The van der Waals surface area contributed by atoms with E-state index in [1.165, 1.54) is 16.7 Å². The van der Waals surface area contributed by atoms with Crippen LogP contribution in [0.15, 0.2) is 53.1 Å². The maximum atomic E-state index is 13.2. The van der Waals surface area contributed by atoms with Crippen LogP contribution >= 0.6 is 11.8 Å². The number of nitrogens with zero attached hydrogens (tertiary/aromatic N) is 2. The lowest BCUT2D eigenvalue weighted by Crippen LogP contribution is -2.48. The molecule has 1 fully saturated rings. The molecule has 0 radical (unpaired) electrons. The summed E-state index contributed by atoms with van der Waals surface area (Å²) in [7, 11) is 3.11. The van der Waals surface area contributed by atoms with Crippen molar-refractivity contribution in [1.82, 2.24) is 4.90 Å². The number of nitriles is 1. The first-order valence-electron chi connectivity index (χ1n) is 9.54. The van der Waals surface area contributed by atoms with Crippen molar-refractivity contribution in [3.05, 3.63) is 69.8 Å². The lowest BCUT2D eigenvalue weighted by atomic mass is 9.85. The molecular formula is C23H22N2O4S. The van der Waals surface area contributed by atoms with Crippen LogP contribution in [-0.2, 0) is 10.5 Å². The second kappa shape index (κ2) is 7.71. The minimum atomic E-state index is -1.46. The van der Waals surface area contributed by atoms with Gasteiger partial charge in [0.1, 0.15) is 0 Å². The number of carbonyl (C=O) groups is 1. The summed E-state index contributed by atoms with van der Waals surface area (Å²) >= 11 is 1.34. The van der Waals surface area contributed by atoms with E-state index in [2.05, 4.69) is 6.07 Å². The van der Waals surface area contributed by atoms with Gasteiger partial charge in [-0.25, -0.2) is 0 Å². The Balaban J connectivity index is 1.78. The van der Waals surface area contributed by atoms with Crippen molar-refractivity contribution in [3.63, 3.8) is 0 Å². The van der Waals surface area contributed by atoms with Gasteiger partial charge in [0, 0.05) is 17.9 Å². The molecule has 1 saturated heterocycles. The van der Waals surface area contributed by atoms with E-state index < -0.39 is 11.6 Å². The Morgan fingerprint density at radius 1 is 1.17 bits per heavy atom. The summed E-state index contributed by atoms with van der Waals surface area (Å²) < 4.78 is 10.7. The molecule has 1 amide bonds. The van der Waals surface area contributed by atoms with Gasteiger partial charge in [-0.05, 0) is 24.6 Å². The van der Waals surface area contributed by atoms with E-state index in [0.29, 0.717) is 27.7 Å². The van der Waals surface area contributed by atoms with Crippen LogP contribution in [0.25, 0.3) is 0 Å². The Hall–Kier alpha value is -2.95. The number of rotatable bonds is 4. The molecule has 7 heteroatoms. The van der Waals surface area contributed by atoms with Gasteiger partial charge in [0.25, 0.3) is 0 Å². The first kappa shape index (κ1) is 20.3. The molecule has 2 aliphatic rings. The summed E-state index contributed by atoms with van der Waals surface area (Å²) in [5.74, 6) is 0.793. The van der Waals surface area contributed by atoms with Gasteiger partial charge >= 0.3 is 0 Å². The number of aliphatic hydroxyl groups is 1. The van der Waals surface area contributed by atoms with Crippen molar-refractivity contribution >= 4 is 17.7 Å². The van der Waals surface area contributed by atoms with Crippen LogP contribution in [0.1, 0.15) is 29.0 Å². The summed E-state index contributed by atoms with van der Waals surface area (Å²) in [4.78, 5) is 14.6. The SMILES string of the molecule is COc1ccc([C@H]2CC(=O)N3C(=C2C#N)SC[C@@]3(O)c2ccc(C)cc2)cc1OC. The van der Waals surface area contributed by atoms with E-state index in [9.17, 15) is 15.2 Å². The van der Waals surface area contributed by atoms with Crippen molar-refractivity contribution in [2.24, 2.45) is 0 Å². The predicted octanol–water partition coefficient (Wildman–Crippen LogP) is 3.66. The number of fused-ring (bicyclic) bond motifs is 1. The van der Waals surface area contributed by atoms with Gasteiger partial charge in [-0.3, -0.25) is 9.69 Å². The van der Waals surface area contributed by atoms with Gasteiger partial charge in [-0.1, -0.05) is 35.9 Å². The normalized spacial score (nSPS) is 23.2. The molecule has 0 saturated carbocycles. The van der Waals surface area contributed by atoms with Crippen LogP contribution < -0.4 is 9.47 Å². The molecule has 2 aromatic rings. The standard InChI is InChI=1S/C23H22N2O4S/c1-14-4-7-16(8-5-14)23(27)13-30-22-18(12-24)17(11-21(26)25(22)23)15-6-9-19(28-2)20(10-15)29-3/h4-10,17,27H,11,13H2,1-3H3/t17-,23-/m1/s1. The number of ether oxygens (including phenoxy) is 2. The highest BCUT2D eigenvalue weighted by atomic mass is 32.2. The predicted molar refractivity (Wildman–Crippen MR) is 114 cm³/mol. The molecule has 0 spiro atoms. The number of allylic oxidation sites excluding steroid dienone is 1. The van der Waals surface area contributed by atoms with E-state index >= 15 is 0 Å². The molecule has 154 valence electrons. The number of aryl methyl sites for hydroxylation is 1. The molecule has 0 bridgehead atoms. The van der Waals surface area contributed by atoms with Gasteiger partial charge in [-0.2, -0.15) is 5.26 Å². The van der Waals surface area contributed by atoms with E-state index in [4.69, 9.17) is 9.47 Å². The third kappa shape index (κ3) is 3.13. The Morgan fingerprint density at radius 2 is 1.87 bits per heavy atom. The molecule has 0 unspecified atom stereocenters. The first-order chi connectivity index (χ1) is 14.4. The van der Waals surface area contributed by atoms with E-state index in [0.717, 1.165) is 11.1 Å². The molecule has 4 rings (SSSR count). The molecule has 6 nitrogen and oxygen atoms in total. The second-order valence-corrected chi connectivity index (χ2v) is 8.37. The average molecular weight is 423 g/mol. The maximum Gasteiger partial charge on any atom is 0.231 e. The Bertz CT molecular complexity index is 1070. The van der Waals surface area contributed by atoms with Crippen LogP contribution in [0.5, 0.6) is 11.5 Å². The monoisotopic (exact) mass is 422 g/mol. The third-order valence-electron chi connectivity index (χ3n) is 5.63. The molecule has 30 heavy (non-hydrogen) atoms. The van der Waals surface area contributed by atoms with Crippen molar-refractivity contribution < 1.29 is 19.4 Å². The molecule has 2 aliphatic heterocycles. The van der Waals surface area contributed by atoms with Gasteiger partial charge in [0.15, 0.2) is 17.2 Å². The summed E-state index contributed by atoms with van der Waals surface area (Å²) in [6.45, 7) is 1.97. The Labute approximate surface area is 179 Å². The lowest BCUT2D eigenvalue weighted by molar-refractivity contribution is -0.149. The van der Waals surface area contributed by atoms with Crippen molar-refractivity contribution in [3.8, 4) is 17.6 Å². The minimum Gasteiger partial charge on any atom is -0.493 e. The lowest BCUT2D eigenvalue weighted by Gasteiger charge is -2.38. The number of amides is 1. The fourth-order valence-corrected chi connectivity index (χ4v) is 5.37. The highest BCUT2D eigenvalue weighted by molar-refractivity contribution is 8.03. The quantitative estimate of drug-likeness (QED) is 0.810. The molecular weight excluding hydrogens is 400 g/mol. The van der Waals surface area contributed by atoms with Gasteiger partial charge < -0.3 is 14.6 Å². The van der Waals surface area contributed by atoms with E-state index in [-0.39, 0.29) is 18.1 Å². The Kier molecular flexibility index (Phi) is 5.22. The Morgan fingerprint density at radius 3 is 2.50 bits per heavy atom. The molecule has 2 aromatic carbocycles. The number of benzene rings is 2. The zero-order chi connectivity index (χ0) is 21.5. The zero-order valence-electron chi connectivity index (χ0n) is 17.0.